The fraction of sp³-hybridized carbons (Fsp3) is 0.0714. The summed E-state index contributed by atoms with van der Waals surface area (Å²) in [5, 5.41) is 13.9. The first-order valence-corrected chi connectivity index (χ1v) is 6.47. The molecule has 2 aromatic heterocycles. The molecule has 22 heavy (non-hydrogen) atoms. The Balaban J connectivity index is 1.88. The summed E-state index contributed by atoms with van der Waals surface area (Å²) < 4.78 is 1.53. The summed E-state index contributed by atoms with van der Waals surface area (Å²) in [4.78, 5) is 26.2. The summed E-state index contributed by atoms with van der Waals surface area (Å²) in [5.74, 6) is 0.101. The third-order valence-corrected chi connectivity index (χ3v) is 3.06. The van der Waals surface area contributed by atoms with Gasteiger partial charge >= 0.3 is 0 Å². The molecule has 0 aliphatic rings. The van der Waals surface area contributed by atoms with E-state index in [1.807, 2.05) is 6.07 Å². The Labute approximate surface area is 124 Å². The maximum Gasteiger partial charge on any atom is 0.261 e. The maximum absolute atomic E-state index is 12.1. The second-order valence-corrected chi connectivity index (χ2v) is 4.57. The van der Waals surface area contributed by atoms with Gasteiger partial charge in [-0.25, -0.2) is 4.68 Å². The minimum Gasteiger partial charge on any atom is -0.328 e. The molecule has 110 valence electrons. The minimum absolute atomic E-state index is 0.0493. The first-order chi connectivity index (χ1) is 10.6. The highest BCUT2D eigenvalue weighted by Crippen LogP contribution is 2.19. The van der Waals surface area contributed by atoms with Crippen LogP contribution in [0.4, 0.5) is 5.69 Å². The predicted octanol–water partition coefficient (Wildman–Crippen LogP) is 0.818. The third kappa shape index (κ3) is 2.62. The van der Waals surface area contributed by atoms with E-state index in [2.05, 4.69) is 25.8 Å². The van der Waals surface area contributed by atoms with E-state index in [1.165, 1.54) is 16.9 Å². The number of benzene rings is 1. The Morgan fingerprint density at radius 2 is 2.14 bits per heavy atom. The fourth-order valence-corrected chi connectivity index (χ4v) is 2.01. The van der Waals surface area contributed by atoms with E-state index in [0.717, 1.165) is 5.56 Å². The molecule has 0 aliphatic carbocycles. The number of nitrogens with one attached hydrogen (secondary N) is 2. The number of aromatic amines is 1. The molecule has 0 spiro atoms. The van der Waals surface area contributed by atoms with Gasteiger partial charge in [-0.05, 0) is 34.7 Å². The predicted molar refractivity (Wildman–Crippen MR) is 79.2 cm³/mol. The van der Waals surface area contributed by atoms with Crippen molar-refractivity contribution in [3.8, 4) is 11.4 Å². The summed E-state index contributed by atoms with van der Waals surface area (Å²) >= 11 is 0. The van der Waals surface area contributed by atoms with Crippen LogP contribution >= 0.6 is 0 Å². The number of tetrazole rings is 1. The van der Waals surface area contributed by atoms with Gasteiger partial charge in [0.2, 0.25) is 0 Å². The van der Waals surface area contributed by atoms with E-state index in [4.69, 9.17) is 0 Å². The van der Waals surface area contributed by atoms with Crippen LogP contribution in [-0.2, 0) is 7.05 Å². The van der Waals surface area contributed by atoms with Crippen LogP contribution < -0.4 is 10.9 Å². The van der Waals surface area contributed by atoms with Crippen molar-refractivity contribution < 1.29 is 4.79 Å². The standard InChI is InChI=1S/C14H12N6O2/c1-20-12(17-18-19-20)9-4-2-5-10(8-9)16-14(22)11-6-3-7-15-13(11)21/h2-8H,1H3,(H,15,21)(H,16,22). The normalized spacial score (nSPS) is 10.4. The molecule has 8 heteroatoms. The second kappa shape index (κ2) is 5.60. The lowest BCUT2D eigenvalue weighted by Gasteiger charge is -2.06. The van der Waals surface area contributed by atoms with Crippen LogP contribution in [0.5, 0.6) is 0 Å². The number of pyridine rings is 1. The van der Waals surface area contributed by atoms with Gasteiger partial charge in [-0.15, -0.1) is 5.10 Å². The zero-order valence-corrected chi connectivity index (χ0v) is 11.6. The molecule has 8 nitrogen and oxygen atoms in total. The van der Waals surface area contributed by atoms with Gasteiger partial charge in [-0.2, -0.15) is 0 Å². The molecule has 0 atom stereocenters. The number of aryl methyl sites for hydroxylation is 1. The van der Waals surface area contributed by atoms with Gasteiger partial charge in [0.25, 0.3) is 11.5 Å². The van der Waals surface area contributed by atoms with Crippen LogP contribution in [0.1, 0.15) is 10.4 Å². The van der Waals surface area contributed by atoms with E-state index in [0.29, 0.717) is 11.5 Å². The van der Waals surface area contributed by atoms with Crippen molar-refractivity contribution in [2.24, 2.45) is 7.05 Å². The molecule has 2 N–H and O–H groups in total. The number of carbonyl (C=O) groups is 1. The number of H-pyrrole nitrogens is 1. The van der Waals surface area contributed by atoms with E-state index in [1.54, 1.807) is 31.3 Å². The molecule has 1 amide bonds. The molecular weight excluding hydrogens is 284 g/mol. The summed E-state index contributed by atoms with van der Waals surface area (Å²) in [6, 6.07) is 10.1. The quantitative estimate of drug-likeness (QED) is 0.744. The Bertz CT molecular complexity index is 883. The highest BCUT2D eigenvalue weighted by atomic mass is 16.2. The van der Waals surface area contributed by atoms with Crippen LogP contribution in [-0.4, -0.2) is 31.1 Å². The lowest BCUT2D eigenvalue weighted by molar-refractivity contribution is 0.102. The van der Waals surface area contributed by atoms with E-state index in [-0.39, 0.29) is 5.56 Å². The lowest BCUT2D eigenvalue weighted by Crippen LogP contribution is -2.22. The van der Waals surface area contributed by atoms with Crippen LogP contribution in [0.25, 0.3) is 11.4 Å². The smallest absolute Gasteiger partial charge is 0.261 e. The summed E-state index contributed by atoms with van der Waals surface area (Å²) in [7, 11) is 1.73. The van der Waals surface area contributed by atoms with Gasteiger partial charge in [0, 0.05) is 24.5 Å². The summed E-state index contributed by atoms with van der Waals surface area (Å²) in [6.07, 6.45) is 1.47. The highest BCUT2D eigenvalue weighted by molar-refractivity contribution is 6.04. The van der Waals surface area contributed by atoms with Crippen LogP contribution in [0.15, 0.2) is 47.4 Å². The Morgan fingerprint density at radius 1 is 1.27 bits per heavy atom. The zero-order chi connectivity index (χ0) is 15.5. The number of nitrogens with zero attached hydrogens (tertiary/aromatic N) is 4. The van der Waals surface area contributed by atoms with Crippen molar-refractivity contribution in [1.29, 1.82) is 0 Å². The molecule has 0 radical (unpaired) electrons. The highest BCUT2D eigenvalue weighted by Gasteiger charge is 2.11. The van der Waals surface area contributed by atoms with Gasteiger partial charge in [-0.1, -0.05) is 12.1 Å². The average Bonchev–Trinajstić information content (AvgIpc) is 2.94. The molecule has 0 fully saturated rings. The van der Waals surface area contributed by atoms with Crippen molar-refractivity contribution in [3.63, 3.8) is 0 Å². The van der Waals surface area contributed by atoms with Gasteiger partial charge in [-0.3, -0.25) is 9.59 Å². The molecule has 0 unspecified atom stereocenters. The molecule has 3 rings (SSSR count). The lowest BCUT2D eigenvalue weighted by atomic mass is 10.2. The van der Waals surface area contributed by atoms with Gasteiger partial charge in [0.05, 0.1) is 0 Å². The SMILES string of the molecule is Cn1nnnc1-c1cccc(NC(=O)c2ccc[nH]c2=O)c1. The Kier molecular flexibility index (Phi) is 3.48. The molecule has 0 aliphatic heterocycles. The zero-order valence-electron chi connectivity index (χ0n) is 11.6. The number of hydrogen-bond acceptors (Lipinski definition) is 5. The number of carbonyl (C=O) groups excluding carboxylic acids is 1. The molecular formula is C14H12N6O2. The second-order valence-electron chi connectivity index (χ2n) is 4.57. The van der Waals surface area contributed by atoms with Gasteiger partial charge < -0.3 is 10.3 Å². The van der Waals surface area contributed by atoms with Gasteiger partial charge in [0.1, 0.15) is 5.56 Å². The summed E-state index contributed by atoms with van der Waals surface area (Å²) in [5.41, 5.74) is 0.919. The molecule has 0 saturated carbocycles. The van der Waals surface area contributed by atoms with E-state index in [9.17, 15) is 9.59 Å². The Morgan fingerprint density at radius 3 is 2.86 bits per heavy atom. The van der Waals surface area contributed by atoms with Crippen molar-refractivity contribution in [2.45, 2.75) is 0 Å². The largest absolute Gasteiger partial charge is 0.328 e. The number of amides is 1. The van der Waals surface area contributed by atoms with Gasteiger partial charge in [0.15, 0.2) is 5.82 Å². The maximum atomic E-state index is 12.1. The van der Waals surface area contributed by atoms with Crippen molar-refractivity contribution in [3.05, 3.63) is 58.5 Å². The molecule has 0 saturated heterocycles. The molecule has 1 aromatic carbocycles. The number of hydrogen-bond donors (Lipinski definition) is 2. The van der Waals surface area contributed by atoms with E-state index >= 15 is 0 Å². The summed E-state index contributed by atoms with van der Waals surface area (Å²) in [6.45, 7) is 0. The molecule has 3 aromatic rings. The van der Waals surface area contributed by atoms with Crippen molar-refractivity contribution >= 4 is 11.6 Å². The Hall–Kier alpha value is -3.29. The first-order valence-electron chi connectivity index (χ1n) is 6.47. The first kappa shape index (κ1) is 13.7. The van der Waals surface area contributed by atoms with Crippen LogP contribution in [0.3, 0.4) is 0 Å². The van der Waals surface area contributed by atoms with Crippen molar-refractivity contribution in [1.82, 2.24) is 25.2 Å². The topological polar surface area (TPSA) is 106 Å². The number of aromatic nitrogens is 5. The molecule has 0 bridgehead atoms. The van der Waals surface area contributed by atoms with Crippen LogP contribution in [0.2, 0.25) is 0 Å². The van der Waals surface area contributed by atoms with E-state index < -0.39 is 11.5 Å². The minimum atomic E-state index is -0.477. The third-order valence-electron chi connectivity index (χ3n) is 3.06. The number of rotatable bonds is 3. The van der Waals surface area contributed by atoms with Crippen molar-refractivity contribution in [2.75, 3.05) is 5.32 Å². The molecule has 2 heterocycles. The van der Waals surface area contributed by atoms with Crippen LogP contribution in [0, 0.1) is 0 Å². The number of anilines is 1. The fourth-order valence-electron chi connectivity index (χ4n) is 2.01. The average molecular weight is 296 g/mol. The monoisotopic (exact) mass is 296 g/mol.